The van der Waals surface area contributed by atoms with Crippen LogP contribution in [0.5, 0.6) is 0 Å². The average molecular weight is 470 g/mol. The van der Waals surface area contributed by atoms with Crippen LogP contribution in [0.2, 0.25) is 0 Å². The Balaban J connectivity index is 1.37. The molecule has 2 aliphatic heterocycles. The molecule has 35 heavy (non-hydrogen) atoms. The fraction of sp³-hybridized carbons (Fsp3) is 0.345. The van der Waals surface area contributed by atoms with Crippen molar-refractivity contribution in [3.63, 3.8) is 0 Å². The number of pyridine rings is 1. The molecule has 6 nitrogen and oxygen atoms in total. The quantitative estimate of drug-likeness (QED) is 0.448. The Morgan fingerprint density at radius 1 is 0.714 bits per heavy atom. The van der Waals surface area contributed by atoms with E-state index in [1.165, 1.54) is 11.1 Å². The number of hydrogen-bond acceptors (Lipinski definition) is 5. The third kappa shape index (κ3) is 4.75. The second-order valence-electron chi connectivity index (χ2n) is 9.54. The Hall–Kier alpha value is -3.03. The van der Waals surface area contributed by atoms with E-state index in [9.17, 15) is 4.79 Å². The van der Waals surface area contributed by atoms with Crippen molar-refractivity contribution in [2.75, 3.05) is 52.6 Å². The summed E-state index contributed by atoms with van der Waals surface area (Å²) in [5.74, 6) is 0. The lowest BCUT2D eigenvalue weighted by molar-refractivity contribution is 0.0342. The SMILES string of the molecule is O=c1[nH]ccc2cc(CN3CCOCC3)c3ccc(-c4ccc(CN5CCOCC5)cc4)cc3c12. The first kappa shape index (κ1) is 22.4. The summed E-state index contributed by atoms with van der Waals surface area (Å²) in [4.78, 5) is 20.6. The first-order chi connectivity index (χ1) is 17.2. The lowest BCUT2D eigenvalue weighted by Gasteiger charge is -2.27. The van der Waals surface area contributed by atoms with Gasteiger partial charge in [0.25, 0.3) is 5.56 Å². The van der Waals surface area contributed by atoms with E-state index in [1.807, 2.05) is 6.07 Å². The second kappa shape index (κ2) is 9.91. The molecule has 1 N–H and O–H groups in total. The lowest BCUT2D eigenvalue weighted by Crippen LogP contribution is -2.35. The summed E-state index contributed by atoms with van der Waals surface area (Å²) in [5, 5.41) is 3.91. The van der Waals surface area contributed by atoms with Crippen molar-refractivity contribution in [2.24, 2.45) is 0 Å². The van der Waals surface area contributed by atoms with E-state index in [0.717, 1.165) is 98.4 Å². The van der Waals surface area contributed by atoms with Crippen LogP contribution in [0.3, 0.4) is 0 Å². The first-order valence-electron chi connectivity index (χ1n) is 12.5. The number of aromatic nitrogens is 1. The van der Waals surface area contributed by atoms with Crippen LogP contribution in [-0.2, 0) is 22.6 Å². The van der Waals surface area contributed by atoms with Crippen LogP contribution in [0.15, 0.2) is 65.6 Å². The topological polar surface area (TPSA) is 57.8 Å². The van der Waals surface area contributed by atoms with Crippen LogP contribution >= 0.6 is 0 Å². The van der Waals surface area contributed by atoms with Crippen LogP contribution in [0, 0.1) is 0 Å². The number of fused-ring (bicyclic) bond motifs is 3. The van der Waals surface area contributed by atoms with Gasteiger partial charge in [-0.1, -0.05) is 36.4 Å². The molecule has 1 aromatic heterocycles. The third-order valence-corrected chi connectivity index (χ3v) is 7.25. The zero-order chi connectivity index (χ0) is 23.6. The molecule has 180 valence electrons. The predicted molar refractivity (Wildman–Crippen MR) is 140 cm³/mol. The summed E-state index contributed by atoms with van der Waals surface area (Å²) in [5.41, 5.74) is 4.82. The summed E-state index contributed by atoms with van der Waals surface area (Å²) in [6.45, 7) is 8.83. The fourth-order valence-electron chi connectivity index (χ4n) is 5.32. The maximum atomic E-state index is 12.9. The van der Waals surface area contributed by atoms with E-state index >= 15 is 0 Å². The van der Waals surface area contributed by atoms with Crippen LogP contribution in [-0.4, -0.2) is 67.4 Å². The minimum absolute atomic E-state index is 0.0385. The molecular weight excluding hydrogens is 438 g/mol. The molecule has 4 aromatic rings. The number of ether oxygens (including phenoxy) is 2. The molecule has 2 saturated heterocycles. The Kier molecular flexibility index (Phi) is 6.35. The minimum atomic E-state index is -0.0385. The maximum Gasteiger partial charge on any atom is 0.256 e. The molecule has 0 unspecified atom stereocenters. The van der Waals surface area contributed by atoms with Crippen LogP contribution < -0.4 is 5.56 Å². The summed E-state index contributed by atoms with van der Waals surface area (Å²) < 4.78 is 11.0. The number of aromatic amines is 1. The molecule has 3 aromatic carbocycles. The number of benzene rings is 3. The molecule has 0 spiro atoms. The Morgan fingerprint density at radius 3 is 2.09 bits per heavy atom. The number of nitrogens with one attached hydrogen (secondary N) is 1. The standard InChI is InChI=1S/C29H31N3O3/c33-29-28-24(7-8-30-29)17-25(20-32-11-15-35-16-12-32)26-6-5-23(18-27(26)28)22-3-1-21(2-4-22)19-31-9-13-34-14-10-31/h1-8,17-18H,9-16,19-20H2,(H,30,33). The van der Waals surface area contributed by atoms with E-state index in [1.54, 1.807) is 6.20 Å². The summed E-state index contributed by atoms with van der Waals surface area (Å²) in [6.07, 6.45) is 1.74. The van der Waals surface area contributed by atoms with Crippen molar-refractivity contribution >= 4 is 21.5 Å². The van der Waals surface area contributed by atoms with Crippen LogP contribution in [0.25, 0.3) is 32.7 Å². The van der Waals surface area contributed by atoms with E-state index in [0.29, 0.717) is 0 Å². The minimum Gasteiger partial charge on any atom is -0.379 e. The monoisotopic (exact) mass is 469 g/mol. The Morgan fingerprint density at radius 2 is 1.37 bits per heavy atom. The van der Waals surface area contributed by atoms with Crippen molar-refractivity contribution in [3.05, 3.63) is 82.3 Å². The maximum absolute atomic E-state index is 12.9. The van der Waals surface area contributed by atoms with Gasteiger partial charge in [0, 0.05) is 45.5 Å². The highest BCUT2D eigenvalue weighted by atomic mass is 16.5. The van der Waals surface area contributed by atoms with E-state index in [2.05, 4.69) is 63.3 Å². The molecule has 3 heterocycles. The van der Waals surface area contributed by atoms with Gasteiger partial charge >= 0.3 is 0 Å². The first-order valence-corrected chi connectivity index (χ1v) is 12.5. The summed E-state index contributed by atoms with van der Waals surface area (Å²) >= 11 is 0. The highest BCUT2D eigenvalue weighted by molar-refractivity contribution is 6.09. The number of nitrogens with zero attached hydrogens (tertiary/aromatic N) is 2. The highest BCUT2D eigenvalue weighted by Crippen LogP contribution is 2.32. The number of H-pyrrole nitrogens is 1. The molecule has 6 rings (SSSR count). The van der Waals surface area contributed by atoms with E-state index in [-0.39, 0.29) is 5.56 Å². The summed E-state index contributed by atoms with van der Waals surface area (Å²) in [6, 6.07) is 19.6. The summed E-state index contributed by atoms with van der Waals surface area (Å²) in [7, 11) is 0. The van der Waals surface area contributed by atoms with Crippen molar-refractivity contribution in [1.82, 2.24) is 14.8 Å². The molecule has 0 radical (unpaired) electrons. The zero-order valence-electron chi connectivity index (χ0n) is 20.0. The van der Waals surface area contributed by atoms with Gasteiger partial charge in [0.15, 0.2) is 0 Å². The normalized spacial score (nSPS) is 17.8. The molecule has 0 amide bonds. The van der Waals surface area contributed by atoms with Crippen LogP contribution in [0.4, 0.5) is 0 Å². The molecule has 6 heteroatoms. The van der Waals surface area contributed by atoms with Gasteiger partial charge in [-0.05, 0) is 56.6 Å². The fourth-order valence-corrected chi connectivity index (χ4v) is 5.32. The van der Waals surface area contributed by atoms with Gasteiger partial charge in [-0.25, -0.2) is 0 Å². The molecule has 2 fully saturated rings. The second-order valence-corrected chi connectivity index (χ2v) is 9.54. The van der Waals surface area contributed by atoms with Gasteiger partial charge in [-0.2, -0.15) is 0 Å². The van der Waals surface area contributed by atoms with Gasteiger partial charge in [0.1, 0.15) is 0 Å². The number of hydrogen-bond donors (Lipinski definition) is 1. The van der Waals surface area contributed by atoms with Gasteiger partial charge in [-0.15, -0.1) is 0 Å². The predicted octanol–water partition coefficient (Wildman–Crippen LogP) is 4.01. The zero-order valence-corrected chi connectivity index (χ0v) is 20.0. The highest BCUT2D eigenvalue weighted by Gasteiger charge is 2.16. The van der Waals surface area contributed by atoms with Crippen molar-refractivity contribution in [2.45, 2.75) is 13.1 Å². The van der Waals surface area contributed by atoms with Crippen LogP contribution in [0.1, 0.15) is 11.1 Å². The molecule has 0 saturated carbocycles. The number of morpholine rings is 2. The van der Waals surface area contributed by atoms with Gasteiger partial charge in [0.05, 0.1) is 31.8 Å². The van der Waals surface area contributed by atoms with Gasteiger partial charge in [-0.3, -0.25) is 14.6 Å². The van der Waals surface area contributed by atoms with E-state index in [4.69, 9.17) is 9.47 Å². The van der Waals surface area contributed by atoms with Gasteiger partial charge in [0.2, 0.25) is 0 Å². The van der Waals surface area contributed by atoms with E-state index < -0.39 is 0 Å². The number of rotatable bonds is 5. The molecular formula is C29H31N3O3. The third-order valence-electron chi connectivity index (χ3n) is 7.25. The average Bonchev–Trinajstić information content (AvgIpc) is 2.90. The largest absolute Gasteiger partial charge is 0.379 e. The van der Waals surface area contributed by atoms with Crippen molar-refractivity contribution in [3.8, 4) is 11.1 Å². The van der Waals surface area contributed by atoms with Gasteiger partial charge < -0.3 is 14.5 Å². The lowest BCUT2D eigenvalue weighted by atomic mass is 9.94. The molecule has 2 aliphatic rings. The Bertz CT molecular complexity index is 1380. The molecule has 0 atom stereocenters. The Labute approximate surface area is 205 Å². The molecule has 0 bridgehead atoms. The molecule has 0 aliphatic carbocycles. The van der Waals surface area contributed by atoms with Crippen molar-refractivity contribution < 1.29 is 9.47 Å². The van der Waals surface area contributed by atoms with Crippen molar-refractivity contribution in [1.29, 1.82) is 0 Å². The smallest absolute Gasteiger partial charge is 0.256 e.